The van der Waals surface area contributed by atoms with Gasteiger partial charge in [-0.15, -0.1) is 0 Å². The van der Waals surface area contributed by atoms with Crippen LogP contribution in [0, 0.1) is 25.5 Å². The highest BCUT2D eigenvalue weighted by molar-refractivity contribution is 5.22. The Morgan fingerprint density at radius 1 is 1.30 bits per heavy atom. The number of rotatable bonds is 3. The Morgan fingerprint density at radius 2 is 2.00 bits per heavy atom. The summed E-state index contributed by atoms with van der Waals surface area (Å²) in [6.45, 7) is 3.56. The maximum absolute atomic E-state index is 13.6. The van der Waals surface area contributed by atoms with E-state index in [1.807, 2.05) is 0 Å². The highest BCUT2D eigenvalue weighted by Crippen LogP contribution is 2.17. The first-order valence-electron chi connectivity index (χ1n) is 6.14. The zero-order valence-electron chi connectivity index (χ0n) is 11.2. The fraction of sp³-hybridized carbons (Fsp3) is 0.286. The first-order valence-corrected chi connectivity index (χ1v) is 6.14. The Bertz CT molecular complexity index is 697. The molecule has 1 heterocycles. The molecule has 0 aliphatic carbocycles. The minimum atomic E-state index is -0.753. The molecule has 20 heavy (non-hydrogen) atoms. The standard InChI is InChI=1S/C14H15F2N3O/c1-8-5-9(2)19(14(20)18-8)7-13(17)11-4-3-10(15)6-12(11)16/h3-6,13H,7,17H2,1-2H3. The van der Waals surface area contributed by atoms with Gasteiger partial charge in [0.25, 0.3) is 0 Å². The molecule has 0 aliphatic heterocycles. The first kappa shape index (κ1) is 14.3. The van der Waals surface area contributed by atoms with Crippen molar-refractivity contribution in [2.24, 2.45) is 5.73 Å². The lowest BCUT2D eigenvalue weighted by atomic mass is 10.1. The molecule has 0 saturated carbocycles. The zero-order valence-corrected chi connectivity index (χ0v) is 11.2. The zero-order chi connectivity index (χ0) is 14.9. The second kappa shape index (κ2) is 5.50. The topological polar surface area (TPSA) is 60.9 Å². The van der Waals surface area contributed by atoms with Crippen LogP contribution in [0.3, 0.4) is 0 Å². The lowest BCUT2D eigenvalue weighted by Crippen LogP contribution is -2.30. The SMILES string of the molecule is Cc1cc(C)n(CC(N)c2ccc(F)cc2F)c(=O)n1. The Kier molecular flexibility index (Phi) is 3.94. The predicted molar refractivity (Wildman–Crippen MR) is 71.3 cm³/mol. The van der Waals surface area contributed by atoms with E-state index in [0.29, 0.717) is 11.4 Å². The summed E-state index contributed by atoms with van der Waals surface area (Å²) in [5, 5.41) is 0. The van der Waals surface area contributed by atoms with Crippen molar-refractivity contribution in [3.63, 3.8) is 0 Å². The summed E-state index contributed by atoms with van der Waals surface area (Å²) in [6.07, 6.45) is 0. The minimum absolute atomic E-state index is 0.0838. The number of nitrogens with zero attached hydrogens (tertiary/aromatic N) is 2. The van der Waals surface area contributed by atoms with Crippen LogP contribution in [0.5, 0.6) is 0 Å². The number of nitrogens with two attached hydrogens (primary N) is 1. The van der Waals surface area contributed by atoms with Gasteiger partial charge in [0.2, 0.25) is 0 Å². The van der Waals surface area contributed by atoms with Crippen molar-refractivity contribution in [2.75, 3.05) is 0 Å². The van der Waals surface area contributed by atoms with Crippen LogP contribution in [0.2, 0.25) is 0 Å². The van der Waals surface area contributed by atoms with Gasteiger partial charge in [-0.1, -0.05) is 6.07 Å². The van der Waals surface area contributed by atoms with E-state index in [0.717, 1.165) is 12.1 Å². The lowest BCUT2D eigenvalue weighted by Gasteiger charge is -2.16. The van der Waals surface area contributed by atoms with Crippen molar-refractivity contribution in [3.05, 3.63) is 63.3 Å². The molecule has 106 valence electrons. The molecule has 0 aliphatic rings. The van der Waals surface area contributed by atoms with Gasteiger partial charge in [0.1, 0.15) is 11.6 Å². The van der Waals surface area contributed by atoms with E-state index >= 15 is 0 Å². The van der Waals surface area contributed by atoms with Gasteiger partial charge in [-0.25, -0.2) is 13.6 Å². The van der Waals surface area contributed by atoms with Gasteiger partial charge >= 0.3 is 5.69 Å². The number of aromatic nitrogens is 2. The maximum atomic E-state index is 13.6. The van der Waals surface area contributed by atoms with Gasteiger partial charge in [0.05, 0.1) is 6.04 Å². The van der Waals surface area contributed by atoms with E-state index < -0.39 is 23.4 Å². The molecule has 1 aromatic heterocycles. The van der Waals surface area contributed by atoms with Crippen LogP contribution in [0.4, 0.5) is 8.78 Å². The molecule has 0 radical (unpaired) electrons. The van der Waals surface area contributed by atoms with Crippen LogP contribution >= 0.6 is 0 Å². The van der Waals surface area contributed by atoms with Crippen LogP contribution in [0.25, 0.3) is 0 Å². The third-order valence-electron chi connectivity index (χ3n) is 3.09. The second-order valence-corrected chi connectivity index (χ2v) is 4.70. The largest absolute Gasteiger partial charge is 0.348 e. The molecule has 0 amide bonds. The summed E-state index contributed by atoms with van der Waals surface area (Å²) in [5.41, 5.74) is 6.95. The van der Waals surface area contributed by atoms with E-state index in [-0.39, 0.29) is 12.1 Å². The molecule has 2 rings (SSSR count). The average Bonchev–Trinajstić information content (AvgIpc) is 2.33. The van der Waals surface area contributed by atoms with Crippen molar-refractivity contribution >= 4 is 0 Å². The Morgan fingerprint density at radius 3 is 2.60 bits per heavy atom. The highest BCUT2D eigenvalue weighted by Gasteiger charge is 2.15. The molecule has 4 nitrogen and oxygen atoms in total. The fourth-order valence-electron chi connectivity index (χ4n) is 2.09. The quantitative estimate of drug-likeness (QED) is 0.932. The van der Waals surface area contributed by atoms with Crippen LogP contribution in [0.15, 0.2) is 29.1 Å². The summed E-state index contributed by atoms with van der Waals surface area (Å²) < 4.78 is 27.9. The van der Waals surface area contributed by atoms with Crippen LogP contribution in [-0.4, -0.2) is 9.55 Å². The molecular weight excluding hydrogens is 264 g/mol. The summed E-state index contributed by atoms with van der Waals surface area (Å²) in [7, 11) is 0. The molecule has 6 heteroatoms. The molecule has 1 aromatic carbocycles. The first-order chi connectivity index (χ1) is 9.38. The van der Waals surface area contributed by atoms with Crippen molar-refractivity contribution in [1.29, 1.82) is 0 Å². The number of benzene rings is 1. The van der Waals surface area contributed by atoms with Gasteiger partial charge < -0.3 is 5.73 Å². The number of hydrogen-bond donors (Lipinski definition) is 1. The maximum Gasteiger partial charge on any atom is 0.348 e. The Labute approximate surface area is 114 Å². The molecule has 0 saturated heterocycles. The van der Waals surface area contributed by atoms with E-state index in [1.54, 1.807) is 19.9 Å². The molecule has 1 atom stereocenters. The number of hydrogen-bond acceptors (Lipinski definition) is 3. The van der Waals surface area contributed by atoms with E-state index in [4.69, 9.17) is 5.73 Å². The van der Waals surface area contributed by atoms with Crippen LogP contribution in [0.1, 0.15) is 23.0 Å². The lowest BCUT2D eigenvalue weighted by molar-refractivity contribution is 0.502. The van der Waals surface area contributed by atoms with Crippen molar-refractivity contribution in [2.45, 2.75) is 26.4 Å². The summed E-state index contributed by atoms with van der Waals surface area (Å²) >= 11 is 0. The van der Waals surface area contributed by atoms with E-state index in [9.17, 15) is 13.6 Å². The normalized spacial score (nSPS) is 12.4. The van der Waals surface area contributed by atoms with Crippen LogP contribution in [-0.2, 0) is 6.54 Å². The van der Waals surface area contributed by atoms with Crippen molar-refractivity contribution < 1.29 is 8.78 Å². The Hall–Kier alpha value is -2.08. The minimum Gasteiger partial charge on any atom is -0.322 e. The Balaban J connectivity index is 2.33. The summed E-state index contributed by atoms with van der Waals surface area (Å²) in [5.74, 6) is -1.38. The predicted octanol–water partition coefficient (Wildman–Crippen LogP) is 1.84. The number of halogens is 2. The third kappa shape index (κ3) is 2.91. The number of aryl methyl sites for hydroxylation is 2. The molecule has 0 fully saturated rings. The third-order valence-corrected chi connectivity index (χ3v) is 3.09. The molecule has 2 aromatic rings. The second-order valence-electron chi connectivity index (χ2n) is 4.70. The van der Waals surface area contributed by atoms with Gasteiger partial charge in [-0.3, -0.25) is 4.57 Å². The van der Waals surface area contributed by atoms with E-state index in [2.05, 4.69) is 4.98 Å². The smallest absolute Gasteiger partial charge is 0.322 e. The molecular formula is C14H15F2N3O. The van der Waals surface area contributed by atoms with E-state index in [1.165, 1.54) is 10.6 Å². The highest BCUT2D eigenvalue weighted by atomic mass is 19.1. The van der Waals surface area contributed by atoms with Gasteiger partial charge in [0, 0.05) is 29.6 Å². The summed E-state index contributed by atoms with van der Waals surface area (Å²) in [4.78, 5) is 15.6. The van der Waals surface area contributed by atoms with Crippen LogP contribution < -0.4 is 11.4 Å². The van der Waals surface area contributed by atoms with Gasteiger partial charge in [-0.05, 0) is 26.0 Å². The molecule has 0 bridgehead atoms. The molecule has 0 spiro atoms. The van der Waals surface area contributed by atoms with Gasteiger partial charge in [0.15, 0.2) is 0 Å². The fourth-order valence-corrected chi connectivity index (χ4v) is 2.09. The molecule has 2 N–H and O–H groups in total. The van der Waals surface area contributed by atoms with Crippen molar-refractivity contribution in [3.8, 4) is 0 Å². The monoisotopic (exact) mass is 279 g/mol. The van der Waals surface area contributed by atoms with Gasteiger partial charge in [-0.2, -0.15) is 4.98 Å². The van der Waals surface area contributed by atoms with Crippen molar-refractivity contribution in [1.82, 2.24) is 9.55 Å². The summed E-state index contributed by atoms with van der Waals surface area (Å²) in [6, 6.07) is 4.20. The molecule has 1 unspecified atom stereocenters. The average molecular weight is 279 g/mol.